The molecule has 2 aromatic heterocycles. The van der Waals surface area contributed by atoms with Crippen LogP contribution in [0.25, 0.3) is 22.2 Å². The number of pyridine rings is 1. The molecule has 2 aromatic carbocycles. The summed E-state index contributed by atoms with van der Waals surface area (Å²) in [4.78, 5) is 23.1. The van der Waals surface area contributed by atoms with Crippen LogP contribution in [0.3, 0.4) is 0 Å². The summed E-state index contributed by atoms with van der Waals surface area (Å²) >= 11 is 1.47. The summed E-state index contributed by atoms with van der Waals surface area (Å²) in [6.45, 7) is -0.265. The number of nitrogens with zero attached hydrogens (tertiary/aromatic N) is 3. The van der Waals surface area contributed by atoms with Gasteiger partial charge in [0, 0.05) is 40.9 Å². The van der Waals surface area contributed by atoms with Crippen molar-refractivity contribution in [2.24, 2.45) is 0 Å². The normalized spacial score (nSPS) is 17.9. The first-order chi connectivity index (χ1) is 15.5. The minimum Gasteiger partial charge on any atom is -0.466 e. The third kappa shape index (κ3) is 4.05. The predicted octanol–water partition coefficient (Wildman–Crippen LogP) is 5.29. The number of aromatic nitrogens is 2. The van der Waals surface area contributed by atoms with Gasteiger partial charge in [-0.05, 0) is 24.3 Å². The number of halogens is 2. The monoisotopic (exact) mass is 451 g/mol. The van der Waals surface area contributed by atoms with Crippen LogP contribution in [0.5, 0.6) is 5.88 Å². The number of thiazole rings is 1. The van der Waals surface area contributed by atoms with Crippen LogP contribution in [-0.2, 0) is 0 Å². The number of likely N-dealkylation sites (tertiary alicyclic amines) is 1. The second-order valence-electron chi connectivity index (χ2n) is 7.67. The minimum absolute atomic E-state index is 0.0439. The summed E-state index contributed by atoms with van der Waals surface area (Å²) in [6, 6.07) is 17.8. The Morgan fingerprint density at radius 3 is 2.84 bits per heavy atom. The van der Waals surface area contributed by atoms with E-state index < -0.39 is 18.4 Å². The molecule has 8 heteroatoms. The number of alkyl halides is 2. The van der Waals surface area contributed by atoms with Gasteiger partial charge in [0.25, 0.3) is 11.8 Å². The van der Waals surface area contributed by atoms with Gasteiger partial charge in [-0.15, -0.1) is 11.3 Å². The lowest BCUT2D eigenvalue weighted by molar-refractivity contribution is -0.131. The smallest absolute Gasteiger partial charge is 0.287 e. The zero-order valence-corrected chi connectivity index (χ0v) is 17.8. The Labute approximate surface area is 187 Å². The van der Waals surface area contributed by atoms with Crippen molar-refractivity contribution in [2.45, 2.75) is 18.4 Å². The Balaban J connectivity index is 1.36. The molecule has 0 bridgehead atoms. The highest BCUT2D eigenvalue weighted by Gasteiger charge is 2.47. The summed E-state index contributed by atoms with van der Waals surface area (Å²) in [5, 5.41) is 2.79. The van der Waals surface area contributed by atoms with Crippen LogP contribution in [0.15, 0.2) is 71.6 Å². The van der Waals surface area contributed by atoms with Crippen LogP contribution >= 0.6 is 11.3 Å². The van der Waals surface area contributed by atoms with Gasteiger partial charge in [0.2, 0.25) is 5.88 Å². The summed E-state index contributed by atoms with van der Waals surface area (Å²) < 4.78 is 34.9. The molecule has 0 unspecified atom stereocenters. The van der Waals surface area contributed by atoms with E-state index in [0.717, 1.165) is 16.6 Å². The molecule has 1 saturated heterocycles. The molecular weight excluding hydrogens is 432 g/mol. The van der Waals surface area contributed by atoms with E-state index in [4.69, 9.17) is 4.74 Å². The van der Waals surface area contributed by atoms with Gasteiger partial charge in [-0.3, -0.25) is 4.79 Å². The van der Waals surface area contributed by atoms with Crippen molar-refractivity contribution < 1.29 is 18.3 Å². The maximum atomic E-state index is 14.7. The number of para-hydroxylation sites is 1. The Bertz CT molecular complexity index is 1260. The van der Waals surface area contributed by atoms with E-state index in [-0.39, 0.29) is 24.9 Å². The molecule has 5 rings (SSSR count). The first-order valence-corrected chi connectivity index (χ1v) is 11.1. The topological polar surface area (TPSA) is 55.3 Å². The molecule has 0 N–H and O–H groups in total. The Morgan fingerprint density at radius 1 is 1.12 bits per heavy atom. The number of fused-ring (bicyclic) bond motifs is 1. The van der Waals surface area contributed by atoms with Gasteiger partial charge in [0.15, 0.2) is 6.10 Å². The first-order valence-electron chi connectivity index (χ1n) is 10.2. The van der Waals surface area contributed by atoms with Crippen LogP contribution in [-0.4, -0.2) is 45.9 Å². The Kier molecular flexibility index (Phi) is 5.30. The number of carbonyl (C=O) groups excluding carboxylic acids is 1. The molecule has 1 aliphatic rings. The van der Waals surface area contributed by atoms with Crippen molar-refractivity contribution in [3.05, 3.63) is 77.1 Å². The van der Waals surface area contributed by atoms with Crippen molar-refractivity contribution >= 4 is 28.1 Å². The summed E-state index contributed by atoms with van der Waals surface area (Å²) in [5.41, 5.74) is 4.41. The quantitative estimate of drug-likeness (QED) is 0.423. The molecule has 1 amide bonds. The Hall–Kier alpha value is -3.39. The number of piperidine rings is 1. The van der Waals surface area contributed by atoms with Crippen LogP contribution < -0.4 is 4.74 Å². The molecule has 162 valence electrons. The average Bonchev–Trinajstić information content (AvgIpc) is 3.35. The van der Waals surface area contributed by atoms with Gasteiger partial charge in [-0.1, -0.05) is 30.3 Å². The van der Waals surface area contributed by atoms with E-state index in [2.05, 4.69) is 9.97 Å². The third-order valence-electron chi connectivity index (χ3n) is 5.53. The summed E-state index contributed by atoms with van der Waals surface area (Å²) in [5.74, 6) is -3.25. The molecule has 5 nitrogen and oxygen atoms in total. The van der Waals surface area contributed by atoms with Crippen molar-refractivity contribution in [1.82, 2.24) is 14.9 Å². The number of benzene rings is 2. The average molecular weight is 451 g/mol. The zero-order valence-electron chi connectivity index (χ0n) is 16.9. The molecule has 0 aliphatic carbocycles. The van der Waals surface area contributed by atoms with Gasteiger partial charge < -0.3 is 9.64 Å². The molecule has 0 radical (unpaired) electrons. The molecule has 1 fully saturated rings. The largest absolute Gasteiger partial charge is 0.466 e. The number of rotatable bonds is 4. The highest BCUT2D eigenvalue weighted by Crippen LogP contribution is 2.32. The zero-order chi connectivity index (χ0) is 22.1. The lowest BCUT2D eigenvalue weighted by Gasteiger charge is -2.38. The van der Waals surface area contributed by atoms with E-state index >= 15 is 0 Å². The van der Waals surface area contributed by atoms with Crippen LogP contribution in [0.1, 0.15) is 16.8 Å². The van der Waals surface area contributed by atoms with Gasteiger partial charge >= 0.3 is 0 Å². The maximum Gasteiger partial charge on any atom is 0.287 e. The molecule has 1 aliphatic heterocycles. The standard InChI is InChI=1S/C24H19F2N3O2S/c25-24(26)10-11-29(23(30)18-6-3-5-17(12-18)20-14-32-15-27-20)13-21(24)31-22-9-8-16-4-1-2-7-19(16)28-22/h1-9,12,14-15,21H,10-11,13H2/t21-/m0/s1. The second kappa shape index (κ2) is 8.27. The number of amides is 1. The van der Waals surface area contributed by atoms with Crippen LogP contribution in [0, 0.1) is 0 Å². The third-order valence-corrected chi connectivity index (χ3v) is 6.12. The fourth-order valence-corrected chi connectivity index (χ4v) is 4.35. The second-order valence-corrected chi connectivity index (χ2v) is 8.38. The number of hydrogen-bond donors (Lipinski definition) is 0. The van der Waals surface area contributed by atoms with E-state index in [1.165, 1.54) is 16.2 Å². The highest BCUT2D eigenvalue weighted by molar-refractivity contribution is 7.07. The van der Waals surface area contributed by atoms with Gasteiger partial charge in [-0.2, -0.15) is 0 Å². The fraction of sp³-hybridized carbons (Fsp3) is 0.208. The van der Waals surface area contributed by atoms with Crippen LogP contribution in [0.4, 0.5) is 8.78 Å². The molecule has 4 aromatic rings. The number of carbonyl (C=O) groups is 1. The molecule has 3 heterocycles. The van der Waals surface area contributed by atoms with Gasteiger partial charge in [0.1, 0.15) is 0 Å². The van der Waals surface area contributed by atoms with Gasteiger partial charge in [0.05, 0.1) is 23.3 Å². The van der Waals surface area contributed by atoms with E-state index in [1.54, 1.807) is 41.9 Å². The number of hydrogen-bond acceptors (Lipinski definition) is 5. The van der Waals surface area contributed by atoms with Crippen molar-refractivity contribution in [2.75, 3.05) is 13.1 Å². The van der Waals surface area contributed by atoms with E-state index in [9.17, 15) is 13.6 Å². The van der Waals surface area contributed by atoms with Crippen molar-refractivity contribution in [3.8, 4) is 17.1 Å². The molecule has 0 spiro atoms. The van der Waals surface area contributed by atoms with Crippen molar-refractivity contribution in [1.29, 1.82) is 0 Å². The fourth-order valence-electron chi connectivity index (χ4n) is 3.79. The van der Waals surface area contributed by atoms with E-state index in [1.807, 2.05) is 29.6 Å². The molecule has 0 saturated carbocycles. The Morgan fingerprint density at radius 2 is 2.00 bits per heavy atom. The van der Waals surface area contributed by atoms with Crippen molar-refractivity contribution in [3.63, 3.8) is 0 Å². The SMILES string of the molecule is O=C(c1cccc(-c2cscn2)c1)N1CCC(F)(F)[C@@H](Oc2ccc3ccccc3n2)C1. The molecular formula is C24H19F2N3O2S. The van der Waals surface area contributed by atoms with Gasteiger partial charge in [-0.25, -0.2) is 18.7 Å². The minimum atomic E-state index is -3.06. The predicted molar refractivity (Wildman–Crippen MR) is 119 cm³/mol. The lowest BCUT2D eigenvalue weighted by atomic mass is 10.0. The highest BCUT2D eigenvalue weighted by atomic mass is 32.1. The summed E-state index contributed by atoms with van der Waals surface area (Å²) in [6.07, 6.45) is -1.95. The summed E-state index contributed by atoms with van der Waals surface area (Å²) in [7, 11) is 0. The lowest BCUT2D eigenvalue weighted by Crippen LogP contribution is -2.55. The maximum absolute atomic E-state index is 14.7. The molecule has 1 atom stereocenters. The van der Waals surface area contributed by atoms with Crippen LogP contribution in [0.2, 0.25) is 0 Å². The first kappa shape index (κ1) is 20.5. The molecule has 32 heavy (non-hydrogen) atoms. The van der Waals surface area contributed by atoms with E-state index in [0.29, 0.717) is 11.1 Å². The number of ether oxygens (including phenoxy) is 1.